The van der Waals surface area contributed by atoms with Crippen LogP contribution in [0, 0.1) is 5.92 Å². The molecule has 2 aliphatic rings. The van der Waals surface area contributed by atoms with Crippen LogP contribution in [0.15, 0.2) is 18.2 Å². The summed E-state index contributed by atoms with van der Waals surface area (Å²) in [6.45, 7) is 6.38. The van der Waals surface area contributed by atoms with E-state index in [4.69, 9.17) is 9.47 Å². The van der Waals surface area contributed by atoms with Gasteiger partial charge in [0.25, 0.3) is 0 Å². The number of carbonyl (C=O) groups excluding carboxylic acids is 1. The summed E-state index contributed by atoms with van der Waals surface area (Å²) < 4.78 is 11.2. The molecule has 0 spiro atoms. The molecule has 0 aromatic heterocycles. The molecule has 7 heteroatoms. The SMILES string of the molecule is CC(C)C(NC(=O)CC1CSCCN1)c1ccc2c(c1)OCCO2.Cl. The minimum atomic E-state index is -0.0235. The summed E-state index contributed by atoms with van der Waals surface area (Å²) in [5.74, 6) is 4.08. The van der Waals surface area contributed by atoms with Gasteiger partial charge in [-0.2, -0.15) is 11.8 Å². The zero-order valence-electron chi connectivity index (χ0n) is 14.7. The van der Waals surface area contributed by atoms with Crippen LogP contribution < -0.4 is 20.1 Å². The molecule has 5 nitrogen and oxygen atoms in total. The first-order valence-corrected chi connectivity index (χ1v) is 9.79. The number of halogens is 1. The molecule has 2 N–H and O–H groups in total. The summed E-state index contributed by atoms with van der Waals surface area (Å²) in [7, 11) is 0. The molecule has 25 heavy (non-hydrogen) atoms. The number of ether oxygens (including phenoxy) is 2. The van der Waals surface area contributed by atoms with Crippen molar-refractivity contribution < 1.29 is 14.3 Å². The number of carbonyl (C=O) groups is 1. The first-order chi connectivity index (χ1) is 11.6. The molecule has 0 radical (unpaired) electrons. The van der Waals surface area contributed by atoms with Gasteiger partial charge in [0.2, 0.25) is 5.91 Å². The van der Waals surface area contributed by atoms with E-state index in [1.165, 1.54) is 0 Å². The Morgan fingerprint density at radius 3 is 2.76 bits per heavy atom. The Kier molecular flexibility index (Phi) is 7.72. The van der Waals surface area contributed by atoms with Crippen molar-refractivity contribution in [3.8, 4) is 11.5 Å². The Morgan fingerprint density at radius 2 is 2.08 bits per heavy atom. The number of rotatable bonds is 5. The van der Waals surface area contributed by atoms with Gasteiger partial charge in [-0.3, -0.25) is 4.79 Å². The third kappa shape index (κ3) is 5.43. The normalized spacial score (nSPS) is 20.5. The minimum Gasteiger partial charge on any atom is -0.486 e. The summed E-state index contributed by atoms with van der Waals surface area (Å²) in [6, 6.07) is 6.20. The van der Waals surface area contributed by atoms with E-state index in [2.05, 4.69) is 24.5 Å². The third-order valence-corrected chi connectivity index (χ3v) is 5.47. The first kappa shape index (κ1) is 20.2. The summed E-state index contributed by atoms with van der Waals surface area (Å²) in [4.78, 5) is 12.5. The monoisotopic (exact) mass is 386 g/mol. The quantitative estimate of drug-likeness (QED) is 0.814. The zero-order chi connectivity index (χ0) is 16.9. The van der Waals surface area contributed by atoms with E-state index in [-0.39, 0.29) is 30.4 Å². The lowest BCUT2D eigenvalue weighted by atomic mass is 9.95. The highest BCUT2D eigenvalue weighted by Crippen LogP contribution is 2.34. The molecule has 1 aromatic carbocycles. The molecule has 2 atom stereocenters. The van der Waals surface area contributed by atoms with Gasteiger partial charge < -0.3 is 20.1 Å². The smallest absolute Gasteiger partial charge is 0.222 e. The standard InChI is InChI=1S/C18H26N2O3S.ClH/c1-12(2)18(20-17(21)10-14-11-24-8-5-19-14)13-3-4-15-16(9-13)23-7-6-22-15;/h3-4,9,12,14,18-19H,5-8,10-11H2,1-2H3,(H,20,21);1H. The Hall–Kier alpha value is -1.11. The van der Waals surface area contributed by atoms with Crippen molar-refractivity contribution in [3.63, 3.8) is 0 Å². The molecular formula is C18H27ClN2O3S. The summed E-state index contributed by atoms with van der Waals surface area (Å²) in [5, 5.41) is 6.62. The van der Waals surface area contributed by atoms with E-state index >= 15 is 0 Å². The van der Waals surface area contributed by atoms with Crippen molar-refractivity contribution >= 4 is 30.1 Å². The van der Waals surface area contributed by atoms with E-state index in [1.54, 1.807) is 0 Å². The van der Waals surface area contributed by atoms with Gasteiger partial charge in [0, 0.05) is 30.5 Å². The van der Waals surface area contributed by atoms with Crippen molar-refractivity contribution in [2.24, 2.45) is 5.92 Å². The molecule has 1 aromatic rings. The lowest BCUT2D eigenvalue weighted by molar-refractivity contribution is -0.122. The molecule has 0 aliphatic carbocycles. The van der Waals surface area contributed by atoms with Crippen LogP contribution in [0.3, 0.4) is 0 Å². The number of amides is 1. The summed E-state index contributed by atoms with van der Waals surface area (Å²) in [5.41, 5.74) is 1.06. The first-order valence-electron chi connectivity index (χ1n) is 8.63. The second-order valence-corrected chi connectivity index (χ2v) is 7.77. The van der Waals surface area contributed by atoms with Crippen molar-refractivity contribution in [2.75, 3.05) is 31.3 Å². The molecule has 2 heterocycles. The number of benzene rings is 1. The van der Waals surface area contributed by atoms with Crippen LogP contribution in [-0.4, -0.2) is 43.2 Å². The molecule has 1 saturated heterocycles. The maximum absolute atomic E-state index is 12.5. The van der Waals surface area contributed by atoms with Crippen LogP contribution in [0.4, 0.5) is 0 Å². The van der Waals surface area contributed by atoms with Gasteiger partial charge in [0.05, 0.1) is 6.04 Å². The number of thioether (sulfide) groups is 1. The Labute approximate surface area is 160 Å². The molecule has 2 unspecified atom stereocenters. The maximum Gasteiger partial charge on any atom is 0.222 e. The van der Waals surface area contributed by atoms with Gasteiger partial charge in [-0.15, -0.1) is 12.4 Å². The van der Waals surface area contributed by atoms with Gasteiger partial charge in [0.15, 0.2) is 11.5 Å². The van der Waals surface area contributed by atoms with Crippen LogP contribution in [0.5, 0.6) is 11.5 Å². The molecule has 3 rings (SSSR count). The molecular weight excluding hydrogens is 360 g/mol. The Balaban J connectivity index is 0.00000225. The fourth-order valence-corrected chi connectivity index (χ4v) is 4.04. The van der Waals surface area contributed by atoms with Crippen molar-refractivity contribution in [1.29, 1.82) is 0 Å². The fourth-order valence-electron chi connectivity index (χ4n) is 3.10. The van der Waals surface area contributed by atoms with Crippen LogP contribution in [-0.2, 0) is 4.79 Å². The molecule has 1 amide bonds. The second-order valence-electron chi connectivity index (χ2n) is 6.62. The van der Waals surface area contributed by atoms with E-state index in [0.717, 1.165) is 35.1 Å². The van der Waals surface area contributed by atoms with E-state index in [1.807, 2.05) is 30.0 Å². The predicted molar refractivity (Wildman–Crippen MR) is 104 cm³/mol. The number of nitrogens with one attached hydrogen (secondary N) is 2. The molecule has 140 valence electrons. The predicted octanol–water partition coefficient (Wildman–Crippen LogP) is 2.79. The van der Waals surface area contributed by atoms with Gasteiger partial charge in [-0.25, -0.2) is 0 Å². The van der Waals surface area contributed by atoms with Gasteiger partial charge in [-0.05, 0) is 23.6 Å². The third-order valence-electron chi connectivity index (χ3n) is 4.34. The number of fused-ring (bicyclic) bond motifs is 1. The maximum atomic E-state index is 12.5. The Morgan fingerprint density at radius 1 is 1.32 bits per heavy atom. The van der Waals surface area contributed by atoms with Gasteiger partial charge >= 0.3 is 0 Å². The Bertz CT molecular complexity index is 579. The zero-order valence-corrected chi connectivity index (χ0v) is 16.4. The highest BCUT2D eigenvalue weighted by molar-refractivity contribution is 7.99. The van der Waals surface area contributed by atoms with E-state index in [0.29, 0.717) is 25.6 Å². The largest absolute Gasteiger partial charge is 0.486 e. The second kappa shape index (κ2) is 9.55. The van der Waals surface area contributed by atoms with E-state index in [9.17, 15) is 4.79 Å². The molecule has 2 aliphatic heterocycles. The summed E-state index contributed by atoms with van der Waals surface area (Å²) in [6.07, 6.45) is 0.529. The fraction of sp³-hybridized carbons (Fsp3) is 0.611. The number of hydrogen-bond acceptors (Lipinski definition) is 5. The molecule has 0 saturated carbocycles. The van der Waals surface area contributed by atoms with Gasteiger partial charge in [0.1, 0.15) is 13.2 Å². The van der Waals surface area contributed by atoms with Crippen LogP contribution in [0.25, 0.3) is 0 Å². The van der Waals surface area contributed by atoms with Crippen LogP contribution in [0.2, 0.25) is 0 Å². The highest BCUT2D eigenvalue weighted by atomic mass is 35.5. The van der Waals surface area contributed by atoms with Crippen molar-refractivity contribution in [3.05, 3.63) is 23.8 Å². The van der Waals surface area contributed by atoms with Crippen molar-refractivity contribution in [2.45, 2.75) is 32.4 Å². The van der Waals surface area contributed by atoms with Gasteiger partial charge in [-0.1, -0.05) is 19.9 Å². The average molecular weight is 387 g/mol. The van der Waals surface area contributed by atoms with Crippen LogP contribution >= 0.6 is 24.2 Å². The lowest BCUT2D eigenvalue weighted by Gasteiger charge is -2.27. The van der Waals surface area contributed by atoms with E-state index < -0.39 is 0 Å². The lowest BCUT2D eigenvalue weighted by Crippen LogP contribution is -2.42. The highest BCUT2D eigenvalue weighted by Gasteiger charge is 2.23. The topological polar surface area (TPSA) is 59.6 Å². The molecule has 0 bridgehead atoms. The number of hydrogen-bond donors (Lipinski definition) is 2. The summed E-state index contributed by atoms with van der Waals surface area (Å²) >= 11 is 1.91. The average Bonchev–Trinajstić information content (AvgIpc) is 2.60. The minimum absolute atomic E-state index is 0. The van der Waals surface area contributed by atoms with Crippen LogP contribution in [0.1, 0.15) is 31.9 Å². The van der Waals surface area contributed by atoms with Crippen molar-refractivity contribution in [1.82, 2.24) is 10.6 Å². The molecule has 1 fully saturated rings.